The molecule has 4 aromatic rings. The van der Waals surface area contributed by atoms with Crippen LogP contribution < -0.4 is 15.0 Å². The predicted octanol–water partition coefficient (Wildman–Crippen LogP) is 5.20. The predicted molar refractivity (Wildman–Crippen MR) is 144 cm³/mol. The molecule has 0 radical (unpaired) electrons. The minimum absolute atomic E-state index is 0.117. The maximum absolute atomic E-state index is 13.6. The van der Waals surface area contributed by atoms with Crippen LogP contribution in [0, 0.1) is 28.4 Å². The summed E-state index contributed by atoms with van der Waals surface area (Å²) in [6.45, 7) is 5.59. The van der Waals surface area contributed by atoms with Crippen LogP contribution in [0.2, 0.25) is 0 Å². The van der Waals surface area contributed by atoms with Gasteiger partial charge in [0.15, 0.2) is 12.4 Å². The SMILES string of the molecule is COc1cc(C)c(-c2nc3ccccc3c(=O)n2N=Cc2cccc([N+](=O)[O-])c2OCC#N)cc1C(C)C. The molecule has 0 spiro atoms. The second-order valence-corrected chi connectivity index (χ2v) is 8.78. The van der Waals surface area contributed by atoms with Gasteiger partial charge in [0.2, 0.25) is 5.75 Å². The van der Waals surface area contributed by atoms with E-state index in [4.69, 9.17) is 19.7 Å². The van der Waals surface area contributed by atoms with E-state index in [0.29, 0.717) is 22.3 Å². The number of benzene rings is 3. The molecule has 0 aliphatic heterocycles. The highest BCUT2D eigenvalue weighted by atomic mass is 16.6. The van der Waals surface area contributed by atoms with Gasteiger partial charge >= 0.3 is 5.69 Å². The van der Waals surface area contributed by atoms with Crippen LogP contribution in [0.3, 0.4) is 0 Å². The van der Waals surface area contributed by atoms with Crippen LogP contribution in [0.5, 0.6) is 11.5 Å². The van der Waals surface area contributed by atoms with Crippen molar-refractivity contribution in [2.75, 3.05) is 13.7 Å². The van der Waals surface area contributed by atoms with Gasteiger partial charge in [0.05, 0.1) is 29.2 Å². The number of nitrogens with zero attached hydrogens (tertiary/aromatic N) is 5. The second kappa shape index (κ2) is 10.9. The van der Waals surface area contributed by atoms with Gasteiger partial charge < -0.3 is 9.47 Å². The molecule has 3 aromatic carbocycles. The van der Waals surface area contributed by atoms with E-state index in [1.807, 2.05) is 39.0 Å². The van der Waals surface area contributed by atoms with Gasteiger partial charge in [-0.2, -0.15) is 15.0 Å². The number of hydrogen-bond donors (Lipinski definition) is 0. The van der Waals surface area contributed by atoms with Gasteiger partial charge in [-0.3, -0.25) is 14.9 Å². The summed E-state index contributed by atoms with van der Waals surface area (Å²) in [5, 5.41) is 25.3. The number of hydrogen-bond acceptors (Lipinski definition) is 8. The molecule has 0 atom stereocenters. The molecule has 0 aliphatic carbocycles. The number of methoxy groups -OCH3 is 1. The summed E-state index contributed by atoms with van der Waals surface area (Å²) >= 11 is 0. The van der Waals surface area contributed by atoms with Crippen molar-refractivity contribution in [2.24, 2.45) is 5.10 Å². The zero-order chi connectivity index (χ0) is 27.4. The first-order valence-corrected chi connectivity index (χ1v) is 11.8. The van der Waals surface area contributed by atoms with E-state index >= 15 is 0 Å². The van der Waals surface area contributed by atoms with Crippen molar-refractivity contribution in [3.8, 4) is 29.0 Å². The van der Waals surface area contributed by atoms with Gasteiger partial charge in [-0.05, 0) is 54.3 Å². The Labute approximate surface area is 218 Å². The number of ether oxygens (including phenoxy) is 2. The van der Waals surface area contributed by atoms with Gasteiger partial charge in [-0.25, -0.2) is 4.98 Å². The van der Waals surface area contributed by atoms with E-state index in [-0.39, 0.29) is 22.9 Å². The van der Waals surface area contributed by atoms with Crippen LogP contribution in [0.25, 0.3) is 22.3 Å². The number of rotatable bonds is 8. The Morgan fingerprint density at radius 1 is 1.21 bits per heavy atom. The first kappa shape index (κ1) is 26.0. The summed E-state index contributed by atoms with van der Waals surface area (Å²) in [6, 6.07) is 16.9. The highest BCUT2D eigenvalue weighted by Gasteiger charge is 2.20. The van der Waals surface area contributed by atoms with Crippen LogP contribution in [-0.2, 0) is 0 Å². The van der Waals surface area contributed by atoms with Gasteiger partial charge in [-0.15, -0.1) is 0 Å². The molecule has 0 unspecified atom stereocenters. The zero-order valence-electron chi connectivity index (χ0n) is 21.3. The average molecular weight is 512 g/mol. The zero-order valence-corrected chi connectivity index (χ0v) is 21.3. The van der Waals surface area contributed by atoms with Crippen LogP contribution in [0.15, 0.2) is 64.5 Å². The molecule has 1 heterocycles. The second-order valence-electron chi connectivity index (χ2n) is 8.78. The molecule has 0 N–H and O–H groups in total. The third-order valence-corrected chi connectivity index (χ3v) is 6.01. The van der Waals surface area contributed by atoms with Crippen molar-refractivity contribution < 1.29 is 14.4 Å². The van der Waals surface area contributed by atoms with Crippen molar-refractivity contribution >= 4 is 22.8 Å². The third-order valence-electron chi connectivity index (χ3n) is 6.01. The number of nitriles is 1. The minimum Gasteiger partial charge on any atom is -0.496 e. The molecule has 0 saturated carbocycles. The molecule has 192 valence electrons. The fourth-order valence-electron chi connectivity index (χ4n) is 4.14. The molecule has 38 heavy (non-hydrogen) atoms. The lowest BCUT2D eigenvalue weighted by atomic mass is 9.96. The van der Waals surface area contributed by atoms with Crippen molar-refractivity contribution in [1.82, 2.24) is 9.66 Å². The van der Waals surface area contributed by atoms with Gasteiger partial charge in [0.25, 0.3) is 5.56 Å². The first-order valence-electron chi connectivity index (χ1n) is 11.8. The summed E-state index contributed by atoms with van der Waals surface area (Å²) in [5.41, 5.74) is 2.47. The average Bonchev–Trinajstić information content (AvgIpc) is 2.91. The highest BCUT2D eigenvalue weighted by Crippen LogP contribution is 2.34. The maximum Gasteiger partial charge on any atom is 0.311 e. The van der Waals surface area contributed by atoms with Crippen LogP contribution >= 0.6 is 0 Å². The normalized spacial score (nSPS) is 11.2. The van der Waals surface area contributed by atoms with Crippen LogP contribution in [0.1, 0.15) is 36.5 Å². The summed E-state index contributed by atoms with van der Waals surface area (Å²) in [5.74, 6) is 1.05. The van der Waals surface area contributed by atoms with E-state index in [1.165, 1.54) is 23.0 Å². The topological polar surface area (TPSA) is 133 Å². The van der Waals surface area contributed by atoms with Gasteiger partial charge in [0.1, 0.15) is 11.8 Å². The van der Waals surface area contributed by atoms with E-state index in [2.05, 4.69) is 5.10 Å². The lowest BCUT2D eigenvalue weighted by Gasteiger charge is -2.17. The van der Waals surface area contributed by atoms with E-state index in [0.717, 1.165) is 16.9 Å². The van der Waals surface area contributed by atoms with E-state index in [1.54, 1.807) is 37.4 Å². The Kier molecular flexibility index (Phi) is 7.48. The molecule has 4 rings (SSSR count). The molecule has 0 amide bonds. The molecule has 0 aliphatic rings. The number of nitro benzene ring substituents is 1. The summed E-state index contributed by atoms with van der Waals surface area (Å²) in [7, 11) is 1.61. The Hall–Kier alpha value is -5.04. The largest absolute Gasteiger partial charge is 0.496 e. The third kappa shape index (κ3) is 4.95. The standard InChI is InChI=1S/C28H25N5O5/c1-17(2)21-15-22(18(3)14-25(21)37-4)27-31-23-10-6-5-9-20(23)28(34)32(27)30-16-19-8-7-11-24(33(35)36)26(19)38-13-12-29/h5-11,14-17H,13H2,1-4H3. The summed E-state index contributed by atoms with van der Waals surface area (Å²) < 4.78 is 12.1. The highest BCUT2D eigenvalue weighted by molar-refractivity contribution is 5.86. The molecule has 1 aromatic heterocycles. The molecular weight excluding hydrogens is 486 g/mol. The Balaban J connectivity index is 1.99. The van der Waals surface area contributed by atoms with E-state index < -0.39 is 17.1 Å². The van der Waals surface area contributed by atoms with Gasteiger partial charge in [0, 0.05) is 17.2 Å². The first-order chi connectivity index (χ1) is 18.3. The van der Waals surface area contributed by atoms with Crippen molar-refractivity contribution in [3.05, 3.63) is 91.8 Å². The van der Waals surface area contributed by atoms with Crippen LogP contribution in [0.4, 0.5) is 5.69 Å². The molecular formula is C28H25N5O5. The number of nitro groups is 1. The number of aryl methyl sites for hydroxylation is 1. The number of para-hydroxylation sites is 2. The summed E-state index contributed by atoms with van der Waals surface area (Å²) in [4.78, 5) is 29.4. The number of fused-ring (bicyclic) bond motifs is 1. The van der Waals surface area contributed by atoms with E-state index in [9.17, 15) is 14.9 Å². The molecule has 10 nitrogen and oxygen atoms in total. The molecule has 10 heteroatoms. The fraction of sp³-hybridized carbons (Fsp3) is 0.214. The Bertz CT molecular complexity index is 1670. The maximum atomic E-state index is 13.6. The monoisotopic (exact) mass is 511 g/mol. The summed E-state index contributed by atoms with van der Waals surface area (Å²) in [6.07, 6.45) is 1.29. The molecule has 0 fully saturated rings. The molecule has 0 saturated heterocycles. The fourth-order valence-corrected chi connectivity index (χ4v) is 4.14. The lowest BCUT2D eigenvalue weighted by molar-refractivity contribution is -0.385. The number of aromatic nitrogens is 2. The molecule has 0 bridgehead atoms. The van der Waals surface area contributed by atoms with Gasteiger partial charge in [-0.1, -0.05) is 32.0 Å². The van der Waals surface area contributed by atoms with Crippen LogP contribution in [-0.4, -0.2) is 34.5 Å². The van der Waals surface area contributed by atoms with Crippen molar-refractivity contribution in [1.29, 1.82) is 5.26 Å². The lowest BCUT2D eigenvalue weighted by Crippen LogP contribution is -2.21. The Morgan fingerprint density at radius 3 is 2.66 bits per heavy atom. The smallest absolute Gasteiger partial charge is 0.311 e. The Morgan fingerprint density at radius 2 is 1.97 bits per heavy atom. The minimum atomic E-state index is -0.604. The van der Waals surface area contributed by atoms with Crippen molar-refractivity contribution in [3.63, 3.8) is 0 Å². The van der Waals surface area contributed by atoms with Crippen molar-refractivity contribution in [2.45, 2.75) is 26.7 Å². The quantitative estimate of drug-likeness (QED) is 0.180.